The standard InChI is InChI=1S/C7H15ClN2O4S2/c1-15(11,12)9-7-3-2-4-10(5-7)16(13,14)6-8/h7,9H,2-6H2,1H3. The van der Waals surface area contributed by atoms with Crippen molar-refractivity contribution in [1.82, 2.24) is 9.03 Å². The van der Waals surface area contributed by atoms with E-state index in [1.165, 1.54) is 4.31 Å². The van der Waals surface area contributed by atoms with Crippen molar-refractivity contribution in [2.45, 2.75) is 18.9 Å². The van der Waals surface area contributed by atoms with Gasteiger partial charge in [0, 0.05) is 19.1 Å². The maximum Gasteiger partial charge on any atom is 0.228 e. The highest BCUT2D eigenvalue weighted by Crippen LogP contribution is 2.15. The maximum absolute atomic E-state index is 11.5. The molecule has 1 rings (SSSR count). The van der Waals surface area contributed by atoms with Crippen molar-refractivity contribution in [3.8, 4) is 0 Å². The van der Waals surface area contributed by atoms with E-state index in [0.717, 1.165) is 6.26 Å². The third-order valence-electron chi connectivity index (χ3n) is 2.30. The summed E-state index contributed by atoms with van der Waals surface area (Å²) < 4.78 is 48.6. The van der Waals surface area contributed by atoms with Gasteiger partial charge in [0.1, 0.15) is 5.21 Å². The summed E-state index contributed by atoms with van der Waals surface area (Å²) >= 11 is 5.34. The van der Waals surface area contributed by atoms with Crippen LogP contribution in [-0.2, 0) is 20.0 Å². The van der Waals surface area contributed by atoms with Gasteiger partial charge in [0.05, 0.1) is 6.26 Å². The van der Waals surface area contributed by atoms with Crippen LogP contribution < -0.4 is 4.72 Å². The number of hydrogen-bond donors (Lipinski definition) is 1. The highest BCUT2D eigenvalue weighted by molar-refractivity contribution is 7.90. The molecule has 1 N–H and O–H groups in total. The van der Waals surface area contributed by atoms with Gasteiger partial charge in [0.15, 0.2) is 0 Å². The number of rotatable bonds is 4. The van der Waals surface area contributed by atoms with Gasteiger partial charge in [-0.25, -0.2) is 21.6 Å². The van der Waals surface area contributed by atoms with Crippen LogP contribution in [0.3, 0.4) is 0 Å². The van der Waals surface area contributed by atoms with Crippen LogP contribution in [0, 0.1) is 0 Å². The first-order valence-corrected chi connectivity index (χ1v) is 8.79. The van der Waals surface area contributed by atoms with E-state index in [0.29, 0.717) is 19.4 Å². The van der Waals surface area contributed by atoms with Crippen LogP contribution in [0.2, 0.25) is 0 Å². The molecule has 9 heteroatoms. The molecule has 0 aromatic rings. The van der Waals surface area contributed by atoms with E-state index in [4.69, 9.17) is 11.6 Å². The lowest BCUT2D eigenvalue weighted by Gasteiger charge is -2.31. The van der Waals surface area contributed by atoms with Crippen LogP contribution in [0.25, 0.3) is 0 Å². The predicted octanol–water partition coefficient (Wildman–Crippen LogP) is -0.474. The van der Waals surface area contributed by atoms with E-state index in [1.807, 2.05) is 0 Å². The number of nitrogens with zero attached hydrogens (tertiary/aromatic N) is 1. The molecule has 1 unspecified atom stereocenters. The van der Waals surface area contributed by atoms with Crippen LogP contribution in [0.1, 0.15) is 12.8 Å². The third kappa shape index (κ3) is 4.17. The quantitative estimate of drug-likeness (QED) is 0.709. The predicted molar refractivity (Wildman–Crippen MR) is 62.2 cm³/mol. The molecule has 0 aliphatic carbocycles. The molecule has 0 aromatic heterocycles. The zero-order valence-corrected chi connectivity index (χ0v) is 11.3. The Morgan fingerprint density at radius 3 is 2.50 bits per heavy atom. The number of halogens is 1. The van der Waals surface area contributed by atoms with Crippen molar-refractivity contribution >= 4 is 31.6 Å². The maximum atomic E-state index is 11.5. The first kappa shape index (κ1) is 14.2. The van der Waals surface area contributed by atoms with E-state index >= 15 is 0 Å². The molecule has 96 valence electrons. The van der Waals surface area contributed by atoms with Gasteiger partial charge in [-0.15, -0.1) is 11.6 Å². The lowest BCUT2D eigenvalue weighted by atomic mass is 10.1. The zero-order valence-electron chi connectivity index (χ0n) is 8.89. The number of alkyl halides is 1. The van der Waals surface area contributed by atoms with Crippen molar-refractivity contribution in [1.29, 1.82) is 0 Å². The van der Waals surface area contributed by atoms with Gasteiger partial charge in [-0.3, -0.25) is 0 Å². The van der Waals surface area contributed by atoms with Crippen LogP contribution in [-0.4, -0.2) is 51.7 Å². The van der Waals surface area contributed by atoms with E-state index < -0.39 is 25.3 Å². The summed E-state index contributed by atoms with van der Waals surface area (Å²) in [6.07, 6.45) is 2.33. The first-order chi connectivity index (χ1) is 7.24. The van der Waals surface area contributed by atoms with Crippen LogP contribution in [0.4, 0.5) is 0 Å². The zero-order chi connectivity index (χ0) is 12.4. The average Bonchev–Trinajstić information content (AvgIpc) is 2.15. The van der Waals surface area contributed by atoms with E-state index in [1.54, 1.807) is 0 Å². The largest absolute Gasteiger partial charge is 0.228 e. The van der Waals surface area contributed by atoms with Gasteiger partial charge >= 0.3 is 0 Å². The molecule has 1 heterocycles. The number of hydrogen-bond acceptors (Lipinski definition) is 4. The topological polar surface area (TPSA) is 83.6 Å². The molecule has 0 spiro atoms. The van der Waals surface area contributed by atoms with Gasteiger partial charge in [-0.05, 0) is 12.8 Å². The minimum atomic E-state index is -3.45. The SMILES string of the molecule is CS(=O)(=O)NC1CCCN(S(=O)(=O)CCl)C1. The Hall–Kier alpha value is 0.110. The van der Waals surface area contributed by atoms with Crippen molar-refractivity contribution in [3.05, 3.63) is 0 Å². The number of piperidine rings is 1. The molecule has 0 radical (unpaired) electrons. The Morgan fingerprint density at radius 1 is 1.38 bits per heavy atom. The summed E-state index contributed by atoms with van der Waals surface area (Å²) in [4.78, 5) is 0. The van der Waals surface area contributed by atoms with Crippen LogP contribution in [0.15, 0.2) is 0 Å². The minimum Gasteiger partial charge on any atom is -0.213 e. The first-order valence-electron chi connectivity index (χ1n) is 4.76. The monoisotopic (exact) mass is 290 g/mol. The van der Waals surface area contributed by atoms with E-state index in [-0.39, 0.29) is 12.6 Å². The molecule has 0 saturated carbocycles. The Morgan fingerprint density at radius 2 is 2.00 bits per heavy atom. The second kappa shape index (κ2) is 5.18. The summed E-state index contributed by atoms with van der Waals surface area (Å²) in [5.41, 5.74) is 0. The number of sulfonamides is 2. The van der Waals surface area contributed by atoms with Gasteiger partial charge in [0.25, 0.3) is 0 Å². The molecule has 1 saturated heterocycles. The summed E-state index contributed by atoms with van der Waals surface area (Å²) in [7, 11) is -6.75. The Labute approximate surface area is 101 Å². The molecule has 1 atom stereocenters. The second-order valence-electron chi connectivity index (χ2n) is 3.81. The molecular formula is C7H15ClN2O4S2. The van der Waals surface area contributed by atoms with Crippen molar-refractivity contribution in [3.63, 3.8) is 0 Å². The summed E-state index contributed by atoms with van der Waals surface area (Å²) in [5, 5.41) is -0.474. The van der Waals surface area contributed by atoms with Crippen LogP contribution >= 0.6 is 11.6 Å². The minimum absolute atomic E-state index is 0.155. The summed E-state index contributed by atoms with van der Waals surface area (Å²) in [5.74, 6) is 0. The number of nitrogens with one attached hydrogen (secondary N) is 1. The van der Waals surface area contributed by atoms with Crippen molar-refractivity contribution in [2.75, 3.05) is 24.6 Å². The Kier molecular flexibility index (Phi) is 4.58. The highest BCUT2D eigenvalue weighted by atomic mass is 35.5. The lowest BCUT2D eigenvalue weighted by molar-refractivity contribution is 0.305. The molecule has 1 aliphatic rings. The Balaban J connectivity index is 2.68. The molecule has 1 aliphatic heterocycles. The molecular weight excluding hydrogens is 276 g/mol. The van der Waals surface area contributed by atoms with Gasteiger partial charge in [0.2, 0.25) is 20.0 Å². The molecule has 1 fully saturated rings. The van der Waals surface area contributed by atoms with E-state index in [9.17, 15) is 16.8 Å². The Bertz CT molecular complexity index is 433. The molecule has 16 heavy (non-hydrogen) atoms. The van der Waals surface area contributed by atoms with Crippen LogP contribution in [0.5, 0.6) is 0 Å². The lowest BCUT2D eigenvalue weighted by Crippen LogP contribution is -2.49. The van der Waals surface area contributed by atoms with Crippen molar-refractivity contribution < 1.29 is 16.8 Å². The average molecular weight is 291 g/mol. The van der Waals surface area contributed by atoms with Gasteiger partial charge in [-0.2, -0.15) is 4.31 Å². The second-order valence-corrected chi connectivity index (χ2v) is 8.14. The molecule has 0 aromatic carbocycles. The molecule has 0 bridgehead atoms. The molecule has 6 nitrogen and oxygen atoms in total. The van der Waals surface area contributed by atoms with Crippen molar-refractivity contribution in [2.24, 2.45) is 0 Å². The van der Waals surface area contributed by atoms with E-state index in [2.05, 4.69) is 4.72 Å². The summed E-state index contributed by atoms with van der Waals surface area (Å²) in [6, 6.07) is -0.359. The van der Waals surface area contributed by atoms with Gasteiger partial charge < -0.3 is 0 Å². The third-order valence-corrected chi connectivity index (χ3v) is 5.28. The fourth-order valence-electron chi connectivity index (χ4n) is 1.66. The summed E-state index contributed by atoms with van der Waals surface area (Å²) in [6.45, 7) is 0.555. The van der Waals surface area contributed by atoms with Gasteiger partial charge in [-0.1, -0.05) is 0 Å². The highest BCUT2D eigenvalue weighted by Gasteiger charge is 2.29. The fraction of sp³-hybridized carbons (Fsp3) is 1.00. The fourth-order valence-corrected chi connectivity index (χ4v) is 3.83. The normalized spacial score (nSPS) is 24.5. The smallest absolute Gasteiger partial charge is 0.213 e. The molecule has 0 amide bonds.